The molecule has 0 aromatic carbocycles. The molecular formula is C9H11NO2. The van der Waals surface area contributed by atoms with E-state index in [4.69, 9.17) is 4.42 Å². The molecule has 1 heterocycles. The van der Waals surface area contributed by atoms with Crippen molar-refractivity contribution in [3.63, 3.8) is 0 Å². The number of carbonyl (C=O) groups excluding carboxylic acids is 1. The van der Waals surface area contributed by atoms with Crippen LogP contribution in [-0.4, -0.2) is 11.9 Å². The third kappa shape index (κ3) is 1.49. The van der Waals surface area contributed by atoms with Gasteiger partial charge in [-0.1, -0.05) is 0 Å². The minimum absolute atomic E-state index is 0.0920. The Balaban J connectivity index is 2.03. The SMILES string of the molecule is Cc1coc(C(=O)NC2CC2)c1. The van der Waals surface area contributed by atoms with E-state index in [1.165, 1.54) is 0 Å². The first-order valence-electron chi connectivity index (χ1n) is 4.12. The van der Waals surface area contributed by atoms with Gasteiger partial charge >= 0.3 is 0 Å². The van der Waals surface area contributed by atoms with Crippen LogP contribution in [0.15, 0.2) is 16.7 Å². The highest BCUT2D eigenvalue weighted by atomic mass is 16.3. The van der Waals surface area contributed by atoms with Crippen LogP contribution < -0.4 is 5.32 Å². The molecule has 1 aromatic heterocycles. The predicted octanol–water partition coefficient (Wildman–Crippen LogP) is 1.48. The predicted molar refractivity (Wildman–Crippen MR) is 43.9 cm³/mol. The number of aryl methyl sites for hydroxylation is 1. The summed E-state index contributed by atoms with van der Waals surface area (Å²) in [4.78, 5) is 11.3. The van der Waals surface area contributed by atoms with Gasteiger partial charge in [0.05, 0.1) is 6.26 Å². The van der Waals surface area contributed by atoms with Crippen molar-refractivity contribution in [2.45, 2.75) is 25.8 Å². The highest BCUT2D eigenvalue weighted by Gasteiger charge is 2.24. The van der Waals surface area contributed by atoms with Gasteiger partial charge in [-0.05, 0) is 31.4 Å². The van der Waals surface area contributed by atoms with Crippen LogP contribution in [0.25, 0.3) is 0 Å². The van der Waals surface area contributed by atoms with E-state index in [1.807, 2.05) is 6.92 Å². The van der Waals surface area contributed by atoms with E-state index in [0.29, 0.717) is 11.8 Å². The Kier molecular flexibility index (Phi) is 1.64. The summed E-state index contributed by atoms with van der Waals surface area (Å²) in [6, 6.07) is 2.14. The maximum Gasteiger partial charge on any atom is 0.287 e. The number of rotatable bonds is 2. The van der Waals surface area contributed by atoms with E-state index < -0.39 is 0 Å². The molecule has 3 nitrogen and oxygen atoms in total. The summed E-state index contributed by atoms with van der Waals surface area (Å²) >= 11 is 0. The van der Waals surface area contributed by atoms with Crippen molar-refractivity contribution in [2.75, 3.05) is 0 Å². The maximum absolute atomic E-state index is 11.3. The topological polar surface area (TPSA) is 42.2 Å². The fourth-order valence-corrected chi connectivity index (χ4v) is 1.03. The van der Waals surface area contributed by atoms with Gasteiger partial charge in [0.2, 0.25) is 0 Å². The Morgan fingerprint density at radius 2 is 2.42 bits per heavy atom. The van der Waals surface area contributed by atoms with Crippen LogP contribution in [0.5, 0.6) is 0 Å². The fraction of sp³-hybridized carbons (Fsp3) is 0.444. The smallest absolute Gasteiger partial charge is 0.287 e. The zero-order valence-electron chi connectivity index (χ0n) is 6.96. The summed E-state index contributed by atoms with van der Waals surface area (Å²) in [5.74, 6) is 0.324. The second-order valence-corrected chi connectivity index (χ2v) is 3.24. The first-order chi connectivity index (χ1) is 5.75. The van der Waals surface area contributed by atoms with E-state index in [9.17, 15) is 4.79 Å². The van der Waals surface area contributed by atoms with Crippen molar-refractivity contribution < 1.29 is 9.21 Å². The maximum atomic E-state index is 11.3. The Morgan fingerprint density at radius 3 is 2.92 bits per heavy atom. The molecular weight excluding hydrogens is 154 g/mol. The number of amides is 1. The second kappa shape index (κ2) is 2.66. The third-order valence-electron chi connectivity index (χ3n) is 1.87. The Morgan fingerprint density at radius 1 is 1.67 bits per heavy atom. The van der Waals surface area contributed by atoms with Crippen LogP contribution in [0, 0.1) is 6.92 Å². The molecule has 1 fully saturated rings. The molecule has 0 aliphatic heterocycles. The first kappa shape index (κ1) is 7.40. The Labute approximate surface area is 70.8 Å². The number of furan rings is 1. The summed E-state index contributed by atoms with van der Waals surface area (Å²) < 4.78 is 5.04. The van der Waals surface area contributed by atoms with E-state index in [0.717, 1.165) is 18.4 Å². The molecule has 0 atom stereocenters. The molecule has 2 rings (SSSR count). The van der Waals surface area contributed by atoms with Crippen molar-refractivity contribution in [3.8, 4) is 0 Å². The monoisotopic (exact) mass is 165 g/mol. The third-order valence-corrected chi connectivity index (χ3v) is 1.87. The molecule has 0 spiro atoms. The molecule has 0 saturated heterocycles. The largest absolute Gasteiger partial charge is 0.459 e. The lowest BCUT2D eigenvalue weighted by atomic mass is 10.3. The highest BCUT2D eigenvalue weighted by Crippen LogP contribution is 2.19. The molecule has 0 radical (unpaired) electrons. The average Bonchev–Trinajstić information content (AvgIpc) is 2.72. The van der Waals surface area contributed by atoms with Gasteiger partial charge in [0.15, 0.2) is 5.76 Å². The Bertz CT molecular complexity index is 299. The van der Waals surface area contributed by atoms with Gasteiger partial charge in [-0.25, -0.2) is 0 Å². The molecule has 1 saturated carbocycles. The lowest BCUT2D eigenvalue weighted by Gasteiger charge is -1.97. The van der Waals surface area contributed by atoms with Crippen molar-refractivity contribution in [1.82, 2.24) is 5.32 Å². The average molecular weight is 165 g/mol. The molecule has 1 aromatic rings. The fourth-order valence-electron chi connectivity index (χ4n) is 1.03. The van der Waals surface area contributed by atoms with Crippen LogP contribution in [0.1, 0.15) is 29.0 Å². The van der Waals surface area contributed by atoms with Crippen LogP contribution in [0.2, 0.25) is 0 Å². The minimum atomic E-state index is -0.0920. The summed E-state index contributed by atoms with van der Waals surface area (Å²) in [5, 5.41) is 2.85. The zero-order chi connectivity index (χ0) is 8.55. The number of nitrogens with one attached hydrogen (secondary N) is 1. The van der Waals surface area contributed by atoms with Gasteiger partial charge in [0.1, 0.15) is 0 Å². The Hall–Kier alpha value is -1.25. The lowest BCUT2D eigenvalue weighted by Crippen LogP contribution is -2.24. The highest BCUT2D eigenvalue weighted by molar-refractivity contribution is 5.91. The van der Waals surface area contributed by atoms with E-state index in [1.54, 1.807) is 12.3 Å². The normalized spacial score (nSPS) is 16.1. The summed E-state index contributed by atoms with van der Waals surface area (Å²) in [6.45, 7) is 1.90. The van der Waals surface area contributed by atoms with Crippen LogP contribution in [0.3, 0.4) is 0 Å². The van der Waals surface area contributed by atoms with Gasteiger partial charge in [-0.2, -0.15) is 0 Å². The van der Waals surface area contributed by atoms with E-state index in [-0.39, 0.29) is 5.91 Å². The second-order valence-electron chi connectivity index (χ2n) is 3.24. The van der Waals surface area contributed by atoms with E-state index in [2.05, 4.69) is 5.32 Å². The standard InChI is InChI=1S/C9H11NO2/c1-6-4-8(12-5-6)9(11)10-7-2-3-7/h4-5,7H,2-3H2,1H3,(H,10,11). The first-order valence-corrected chi connectivity index (χ1v) is 4.12. The molecule has 64 valence electrons. The molecule has 1 aliphatic rings. The lowest BCUT2D eigenvalue weighted by molar-refractivity contribution is 0.0923. The quantitative estimate of drug-likeness (QED) is 0.721. The molecule has 0 bridgehead atoms. The summed E-state index contributed by atoms with van der Waals surface area (Å²) in [7, 11) is 0. The molecule has 1 N–H and O–H groups in total. The van der Waals surface area contributed by atoms with Crippen molar-refractivity contribution in [1.29, 1.82) is 0 Å². The zero-order valence-corrected chi connectivity index (χ0v) is 6.96. The molecule has 12 heavy (non-hydrogen) atoms. The minimum Gasteiger partial charge on any atom is -0.459 e. The molecule has 0 unspecified atom stereocenters. The van der Waals surface area contributed by atoms with Crippen molar-refractivity contribution in [3.05, 3.63) is 23.7 Å². The molecule has 1 amide bonds. The van der Waals surface area contributed by atoms with E-state index >= 15 is 0 Å². The number of carbonyl (C=O) groups is 1. The van der Waals surface area contributed by atoms with Crippen LogP contribution in [-0.2, 0) is 0 Å². The van der Waals surface area contributed by atoms with Gasteiger partial charge in [0.25, 0.3) is 5.91 Å². The summed E-state index contributed by atoms with van der Waals surface area (Å²) in [5.41, 5.74) is 0.982. The number of hydrogen-bond acceptors (Lipinski definition) is 2. The van der Waals surface area contributed by atoms with Crippen LogP contribution in [0.4, 0.5) is 0 Å². The number of hydrogen-bond donors (Lipinski definition) is 1. The van der Waals surface area contributed by atoms with Crippen molar-refractivity contribution >= 4 is 5.91 Å². The van der Waals surface area contributed by atoms with Crippen molar-refractivity contribution in [2.24, 2.45) is 0 Å². The molecule has 1 aliphatic carbocycles. The van der Waals surface area contributed by atoms with Gasteiger partial charge in [0, 0.05) is 6.04 Å². The summed E-state index contributed by atoms with van der Waals surface area (Å²) in [6.07, 6.45) is 3.79. The van der Waals surface area contributed by atoms with Gasteiger partial charge < -0.3 is 9.73 Å². The van der Waals surface area contributed by atoms with Gasteiger partial charge in [-0.3, -0.25) is 4.79 Å². The van der Waals surface area contributed by atoms with Crippen LogP contribution >= 0.6 is 0 Å². The van der Waals surface area contributed by atoms with Gasteiger partial charge in [-0.15, -0.1) is 0 Å². The molecule has 3 heteroatoms.